The van der Waals surface area contributed by atoms with E-state index in [1.807, 2.05) is 0 Å². The van der Waals surface area contributed by atoms with Crippen molar-refractivity contribution in [2.24, 2.45) is 5.41 Å². The van der Waals surface area contributed by atoms with Gasteiger partial charge in [-0.3, -0.25) is 10.1 Å². The monoisotopic (exact) mass is 266 g/mol. The first-order valence-electron chi connectivity index (χ1n) is 5.96. The number of nitro groups is 1. The fourth-order valence-electron chi connectivity index (χ4n) is 1.54. The number of nitro benzene ring substituents is 1. The lowest BCUT2D eigenvalue weighted by molar-refractivity contribution is -0.384. The number of carboxylic acid groups (broad SMARTS) is 1. The van der Waals surface area contributed by atoms with Crippen LogP contribution in [0.5, 0.6) is 0 Å². The Morgan fingerprint density at radius 1 is 1.42 bits per heavy atom. The highest BCUT2D eigenvalue weighted by molar-refractivity contribution is 5.90. The number of benzene rings is 1. The number of anilines is 1. The minimum atomic E-state index is -1.10. The predicted molar refractivity (Wildman–Crippen MR) is 72.6 cm³/mol. The molecule has 0 spiro atoms. The Kier molecular flexibility index (Phi) is 4.47. The van der Waals surface area contributed by atoms with Gasteiger partial charge < -0.3 is 10.4 Å². The van der Waals surface area contributed by atoms with Gasteiger partial charge in [0.05, 0.1) is 10.5 Å². The molecule has 0 fully saturated rings. The molecule has 0 saturated carbocycles. The van der Waals surface area contributed by atoms with Gasteiger partial charge in [0.1, 0.15) is 5.69 Å². The van der Waals surface area contributed by atoms with Crippen molar-refractivity contribution < 1.29 is 14.8 Å². The molecule has 0 unspecified atom stereocenters. The zero-order valence-electron chi connectivity index (χ0n) is 11.3. The molecule has 0 saturated heterocycles. The van der Waals surface area contributed by atoms with Gasteiger partial charge in [-0.2, -0.15) is 0 Å². The number of nitrogens with one attached hydrogen (secondary N) is 1. The number of rotatable bonds is 5. The third kappa shape index (κ3) is 4.57. The van der Waals surface area contributed by atoms with E-state index in [-0.39, 0.29) is 22.4 Å². The van der Waals surface area contributed by atoms with Crippen molar-refractivity contribution in [2.75, 3.05) is 11.9 Å². The Labute approximate surface area is 111 Å². The first-order chi connectivity index (χ1) is 8.70. The number of aromatic carboxylic acids is 1. The Morgan fingerprint density at radius 3 is 2.53 bits per heavy atom. The maximum Gasteiger partial charge on any atom is 0.335 e. The smallest absolute Gasteiger partial charge is 0.335 e. The van der Waals surface area contributed by atoms with Gasteiger partial charge in [-0.1, -0.05) is 20.8 Å². The minimum absolute atomic E-state index is 0.0314. The van der Waals surface area contributed by atoms with Crippen molar-refractivity contribution in [1.82, 2.24) is 0 Å². The molecule has 6 heteroatoms. The molecule has 0 aliphatic heterocycles. The second-order valence-corrected chi connectivity index (χ2v) is 5.53. The van der Waals surface area contributed by atoms with Crippen LogP contribution in [0, 0.1) is 15.5 Å². The summed E-state index contributed by atoms with van der Waals surface area (Å²) in [5.41, 5.74) is 0.267. The highest BCUT2D eigenvalue weighted by atomic mass is 16.6. The normalized spacial score (nSPS) is 11.1. The number of hydrogen-bond donors (Lipinski definition) is 2. The van der Waals surface area contributed by atoms with E-state index < -0.39 is 10.9 Å². The zero-order valence-corrected chi connectivity index (χ0v) is 11.3. The van der Waals surface area contributed by atoms with E-state index in [0.717, 1.165) is 6.42 Å². The lowest BCUT2D eigenvalue weighted by atomic mass is 9.92. The van der Waals surface area contributed by atoms with E-state index in [0.29, 0.717) is 6.54 Å². The lowest BCUT2D eigenvalue weighted by Gasteiger charge is -2.18. The Morgan fingerprint density at radius 2 is 2.05 bits per heavy atom. The topological polar surface area (TPSA) is 92.5 Å². The molecule has 0 radical (unpaired) electrons. The Hall–Kier alpha value is -2.11. The molecule has 0 bridgehead atoms. The van der Waals surface area contributed by atoms with Gasteiger partial charge in [0.15, 0.2) is 0 Å². The summed E-state index contributed by atoms with van der Waals surface area (Å²) < 4.78 is 0. The van der Waals surface area contributed by atoms with Gasteiger partial charge in [-0.05, 0) is 24.0 Å². The summed E-state index contributed by atoms with van der Waals surface area (Å²) in [6.45, 7) is 6.75. The van der Waals surface area contributed by atoms with Crippen LogP contribution in [0.4, 0.5) is 11.4 Å². The highest BCUT2D eigenvalue weighted by Gasteiger charge is 2.17. The summed E-state index contributed by atoms with van der Waals surface area (Å²) in [5, 5.41) is 22.7. The van der Waals surface area contributed by atoms with E-state index in [2.05, 4.69) is 26.1 Å². The molecule has 0 amide bonds. The van der Waals surface area contributed by atoms with Crippen LogP contribution in [0.3, 0.4) is 0 Å². The van der Waals surface area contributed by atoms with E-state index in [1.54, 1.807) is 0 Å². The van der Waals surface area contributed by atoms with Crippen LogP contribution in [0.25, 0.3) is 0 Å². The van der Waals surface area contributed by atoms with Crippen LogP contribution < -0.4 is 5.32 Å². The molecular formula is C13H18N2O4. The van der Waals surface area contributed by atoms with Crippen LogP contribution in [0.15, 0.2) is 18.2 Å². The molecule has 1 rings (SSSR count). The highest BCUT2D eigenvalue weighted by Crippen LogP contribution is 2.26. The molecule has 1 aromatic carbocycles. The number of hydrogen-bond acceptors (Lipinski definition) is 4. The summed E-state index contributed by atoms with van der Waals surface area (Å²) in [5.74, 6) is -1.10. The van der Waals surface area contributed by atoms with Crippen LogP contribution in [0.2, 0.25) is 0 Å². The van der Waals surface area contributed by atoms with Crippen molar-refractivity contribution >= 4 is 17.3 Å². The first kappa shape index (κ1) is 14.9. The molecular weight excluding hydrogens is 248 g/mol. The third-order valence-corrected chi connectivity index (χ3v) is 2.63. The van der Waals surface area contributed by atoms with Crippen molar-refractivity contribution in [1.29, 1.82) is 0 Å². The number of nitrogens with zero attached hydrogens (tertiary/aromatic N) is 1. The Balaban J connectivity index is 2.92. The van der Waals surface area contributed by atoms with Crippen molar-refractivity contribution in [3.63, 3.8) is 0 Å². The second-order valence-electron chi connectivity index (χ2n) is 5.53. The average molecular weight is 266 g/mol. The maximum atomic E-state index is 10.9. The fraction of sp³-hybridized carbons (Fsp3) is 0.462. The largest absolute Gasteiger partial charge is 0.478 e. The van der Waals surface area contributed by atoms with Crippen LogP contribution in [0.1, 0.15) is 37.6 Å². The van der Waals surface area contributed by atoms with Crippen LogP contribution in [-0.2, 0) is 0 Å². The molecule has 0 heterocycles. The van der Waals surface area contributed by atoms with E-state index in [1.165, 1.54) is 18.2 Å². The average Bonchev–Trinajstić information content (AvgIpc) is 2.26. The summed E-state index contributed by atoms with van der Waals surface area (Å²) >= 11 is 0. The summed E-state index contributed by atoms with van der Waals surface area (Å²) in [4.78, 5) is 21.2. The van der Waals surface area contributed by atoms with Crippen molar-refractivity contribution in [2.45, 2.75) is 27.2 Å². The van der Waals surface area contributed by atoms with Gasteiger partial charge in [0, 0.05) is 12.6 Å². The van der Waals surface area contributed by atoms with Gasteiger partial charge in [0.2, 0.25) is 0 Å². The molecule has 19 heavy (non-hydrogen) atoms. The van der Waals surface area contributed by atoms with Crippen molar-refractivity contribution in [3.05, 3.63) is 33.9 Å². The van der Waals surface area contributed by atoms with E-state index >= 15 is 0 Å². The number of carboxylic acids is 1. The molecule has 0 aromatic heterocycles. The summed E-state index contributed by atoms with van der Waals surface area (Å²) in [6, 6.07) is 3.74. The SMILES string of the molecule is CC(C)(C)CCNc1cc(C(=O)O)ccc1[N+](=O)[O-]. The standard InChI is InChI=1S/C13H18N2O4/c1-13(2,3)6-7-14-10-8-9(12(16)17)4-5-11(10)15(18)19/h4-5,8,14H,6-7H2,1-3H3,(H,16,17). The molecule has 6 nitrogen and oxygen atoms in total. The summed E-state index contributed by atoms with van der Waals surface area (Å²) in [6.07, 6.45) is 0.821. The van der Waals surface area contributed by atoms with Crippen molar-refractivity contribution in [3.8, 4) is 0 Å². The lowest BCUT2D eigenvalue weighted by Crippen LogP contribution is -2.14. The fourth-order valence-corrected chi connectivity index (χ4v) is 1.54. The molecule has 0 atom stereocenters. The van der Waals surface area contributed by atoms with Crippen LogP contribution in [-0.4, -0.2) is 22.5 Å². The molecule has 0 aliphatic carbocycles. The van der Waals surface area contributed by atoms with E-state index in [4.69, 9.17) is 5.11 Å². The molecule has 104 valence electrons. The van der Waals surface area contributed by atoms with Gasteiger partial charge >= 0.3 is 5.97 Å². The second kappa shape index (κ2) is 5.69. The zero-order chi connectivity index (χ0) is 14.6. The van der Waals surface area contributed by atoms with Gasteiger partial charge in [-0.15, -0.1) is 0 Å². The number of carbonyl (C=O) groups is 1. The molecule has 2 N–H and O–H groups in total. The molecule has 1 aromatic rings. The predicted octanol–water partition coefficient (Wildman–Crippen LogP) is 3.14. The van der Waals surface area contributed by atoms with Crippen LogP contribution >= 0.6 is 0 Å². The van der Waals surface area contributed by atoms with E-state index in [9.17, 15) is 14.9 Å². The Bertz CT molecular complexity index is 492. The molecule has 0 aliphatic rings. The minimum Gasteiger partial charge on any atom is -0.478 e. The third-order valence-electron chi connectivity index (χ3n) is 2.63. The van der Waals surface area contributed by atoms with Gasteiger partial charge in [0.25, 0.3) is 5.69 Å². The summed E-state index contributed by atoms with van der Waals surface area (Å²) in [7, 11) is 0. The first-order valence-corrected chi connectivity index (χ1v) is 5.96. The maximum absolute atomic E-state index is 10.9. The quantitative estimate of drug-likeness (QED) is 0.630. The van der Waals surface area contributed by atoms with Gasteiger partial charge in [-0.25, -0.2) is 4.79 Å².